The van der Waals surface area contributed by atoms with Gasteiger partial charge in [0, 0.05) is 6.04 Å². The molecule has 6 heteroatoms. The number of thioether (sulfide) groups is 1. The molecule has 0 aliphatic heterocycles. The van der Waals surface area contributed by atoms with E-state index in [-0.39, 0.29) is 17.8 Å². The zero-order valence-electron chi connectivity index (χ0n) is 20.6. The van der Waals surface area contributed by atoms with E-state index in [4.69, 9.17) is 10.5 Å². The molecule has 0 bridgehead atoms. The number of carboxylic acids is 1. The number of aliphatic carboxylic acids is 1. The lowest BCUT2D eigenvalue weighted by Gasteiger charge is -2.35. The van der Waals surface area contributed by atoms with E-state index in [2.05, 4.69) is 52.8 Å². The Labute approximate surface area is 193 Å². The molecule has 31 heavy (non-hydrogen) atoms. The Morgan fingerprint density at radius 2 is 1.81 bits per heavy atom. The lowest BCUT2D eigenvalue weighted by atomic mass is 9.77. The molecule has 0 saturated heterocycles. The van der Waals surface area contributed by atoms with Crippen LogP contribution in [0.5, 0.6) is 5.75 Å². The van der Waals surface area contributed by atoms with Crippen LogP contribution < -0.4 is 10.5 Å². The molecule has 4 atom stereocenters. The van der Waals surface area contributed by atoms with Crippen LogP contribution in [0.25, 0.3) is 0 Å². The van der Waals surface area contributed by atoms with Crippen molar-refractivity contribution in [2.24, 2.45) is 23.5 Å². The fourth-order valence-corrected chi connectivity index (χ4v) is 4.13. The van der Waals surface area contributed by atoms with E-state index in [0.717, 1.165) is 12.2 Å². The van der Waals surface area contributed by atoms with Crippen LogP contribution >= 0.6 is 11.8 Å². The van der Waals surface area contributed by atoms with Crippen molar-refractivity contribution in [1.82, 2.24) is 0 Å². The van der Waals surface area contributed by atoms with Gasteiger partial charge in [-0.2, -0.15) is 0 Å². The molecular weight excluding hydrogens is 410 g/mol. The third-order valence-electron chi connectivity index (χ3n) is 6.12. The molecule has 5 nitrogen and oxygen atoms in total. The van der Waals surface area contributed by atoms with Crippen molar-refractivity contribution in [2.75, 3.05) is 12.2 Å². The van der Waals surface area contributed by atoms with Crippen LogP contribution in [0, 0.1) is 17.8 Å². The van der Waals surface area contributed by atoms with E-state index in [9.17, 15) is 15.0 Å². The summed E-state index contributed by atoms with van der Waals surface area (Å²) in [5.74, 6) is 0.611. The molecule has 0 aliphatic rings. The summed E-state index contributed by atoms with van der Waals surface area (Å²) in [5, 5.41) is 20.0. The van der Waals surface area contributed by atoms with Gasteiger partial charge in [-0.3, -0.25) is 4.79 Å². The summed E-state index contributed by atoms with van der Waals surface area (Å²) in [4.78, 5) is 11.2. The van der Waals surface area contributed by atoms with Crippen LogP contribution in [0.2, 0.25) is 0 Å². The van der Waals surface area contributed by atoms with Gasteiger partial charge in [0.15, 0.2) is 0 Å². The minimum Gasteiger partial charge on any atom is -0.483 e. The van der Waals surface area contributed by atoms with Gasteiger partial charge in [-0.05, 0) is 66.9 Å². The van der Waals surface area contributed by atoms with Gasteiger partial charge in [0.1, 0.15) is 11.7 Å². The predicted octanol–water partition coefficient (Wildman–Crippen LogP) is 5.08. The molecule has 1 aromatic carbocycles. The van der Waals surface area contributed by atoms with E-state index in [1.165, 1.54) is 11.1 Å². The molecule has 4 N–H and O–H groups in total. The van der Waals surface area contributed by atoms with Crippen LogP contribution in [0.15, 0.2) is 18.2 Å². The van der Waals surface area contributed by atoms with Gasteiger partial charge in [0.2, 0.25) is 0 Å². The molecule has 1 rings (SSSR count). The van der Waals surface area contributed by atoms with Crippen LogP contribution in [0.1, 0.15) is 72.4 Å². The van der Waals surface area contributed by atoms with Crippen molar-refractivity contribution in [3.63, 3.8) is 0 Å². The smallest absolute Gasteiger partial charge is 0.306 e. The van der Waals surface area contributed by atoms with Crippen molar-refractivity contribution in [3.8, 4) is 5.75 Å². The molecule has 0 amide bonds. The number of aliphatic hydroxyl groups is 1. The van der Waals surface area contributed by atoms with Crippen LogP contribution in [0.4, 0.5) is 0 Å². The van der Waals surface area contributed by atoms with E-state index in [1.807, 2.05) is 6.26 Å². The molecular formula is C25H43NO4S. The summed E-state index contributed by atoms with van der Waals surface area (Å²) < 4.78 is 6.04. The number of ether oxygens (including phenoxy) is 1. The zero-order valence-corrected chi connectivity index (χ0v) is 21.4. The Morgan fingerprint density at radius 1 is 1.19 bits per heavy atom. The van der Waals surface area contributed by atoms with Crippen molar-refractivity contribution >= 4 is 17.7 Å². The number of hydrogen-bond donors (Lipinski definition) is 3. The summed E-state index contributed by atoms with van der Waals surface area (Å²) in [6.45, 7) is 14.1. The third kappa shape index (κ3) is 8.66. The van der Waals surface area contributed by atoms with Gasteiger partial charge in [-0.25, -0.2) is 0 Å². The highest BCUT2D eigenvalue weighted by molar-refractivity contribution is 7.98. The average Bonchev–Trinajstić information content (AvgIpc) is 2.64. The Morgan fingerprint density at radius 3 is 2.29 bits per heavy atom. The second kappa shape index (κ2) is 11.6. The summed E-state index contributed by atoms with van der Waals surface area (Å²) in [6, 6.07) is 5.97. The maximum atomic E-state index is 11.2. The minimum absolute atomic E-state index is 0.00832. The monoisotopic (exact) mass is 453 g/mol. The third-order valence-corrected chi connectivity index (χ3v) is 6.48. The maximum Gasteiger partial charge on any atom is 0.306 e. The van der Waals surface area contributed by atoms with Gasteiger partial charge >= 0.3 is 5.97 Å². The second-order valence-corrected chi connectivity index (χ2v) is 11.3. The molecule has 178 valence electrons. The molecule has 0 fully saturated rings. The number of hydrogen-bond acceptors (Lipinski definition) is 5. The van der Waals surface area contributed by atoms with Crippen LogP contribution in [-0.2, 0) is 16.6 Å². The van der Waals surface area contributed by atoms with E-state index >= 15 is 0 Å². The van der Waals surface area contributed by atoms with Crippen molar-refractivity contribution in [3.05, 3.63) is 29.3 Å². The highest BCUT2D eigenvalue weighted by Gasteiger charge is 2.35. The number of benzene rings is 1. The molecule has 1 aromatic rings. The van der Waals surface area contributed by atoms with E-state index in [0.29, 0.717) is 18.3 Å². The van der Waals surface area contributed by atoms with Gasteiger partial charge in [0.05, 0.1) is 11.5 Å². The first-order valence-electron chi connectivity index (χ1n) is 11.1. The first-order valence-corrected chi connectivity index (χ1v) is 12.5. The van der Waals surface area contributed by atoms with Gasteiger partial charge in [-0.15, -0.1) is 11.8 Å². The minimum atomic E-state index is -1.23. The number of carbonyl (C=O) groups is 1. The normalized spacial score (nSPS) is 17.1. The van der Waals surface area contributed by atoms with Gasteiger partial charge in [-0.1, -0.05) is 53.7 Å². The van der Waals surface area contributed by atoms with Crippen molar-refractivity contribution < 1.29 is 19.7 Å². The van der Waals surface area contributed by atoms with E-state index < -0.39 is 23.5 Å². The standard InChI is InChI=1S/C25H43NO4S/c1-16(2)19(13-22(26)25(7,29)14-17(3)23(27)28)11-18-9-10-20(24(4,5)6)21(12-18)30-15-31-8/h9-10,12,16-17,19,22,29H,11,13-15,26H2,1-8H3,(H,27,28). The summed E-state index contributed by atoms with van der Waals surface area (Å²) in [6.07, 6.45) is 3.62. The zero-order chi connectivity index (χ0) is 24.0. The maximum absolute atomic E-state index is 11.2. The van der Waals surface area contributed by atoms with Crippen molar-refractivity contribution in [2.45, 2.75) is 84.8 Å². The van der Waals surface area contributed by atoms with E-state index in [1.54, 1.807) is 25.6 Å². The first-order chi connectivity index (χ1) is 14.2. The quantitative estimate of drug-likeness (QED) is 0.382. The topological polar surface area (TPSA) is 92.8 Å². The Bertz CT molecular complexity index is 712. The second-order valence-electron chi connectivity index (χ2n) is 10.5. The Hall–Kier alpha value is -1.24. The molecule has 0 radical (unpaired) electrons. The largest absolute Gasteiger partial charge is 0.483 e. The Kier molecular flexibility index (Phi) is 10.4. The average molecular weight is 454 g/mol. The van der Waals surface area contributed by atoms with Crippen LogP contribution in [0.3, 0.4) is 0 Å². The highest BCUT2D eigenvalue weighted by atomic mass is 32.2. The molecule has 4 unspecified atom stereocenters. The summed E-state index contributed by atoms with van der Waals surface area (Å²) in [5.41, 5.74) is 7.54. The molecule has 0 aliphatic carbocycles. The van der Waals surface area contributed by atoms with Crippen molar-refractivity contribution in [1.29, 1.82) is 0 Å². The number of rotatable bonds is 12. The molecule has 0 aromatic heterocycles. The van der Waals surface area contributed by atoms with Gasteiger partial charge < -0.3 is 20.7 Å². The SMILES string of the molecule is CSCOc1cc(CC(CC(N)C(C)(O)CC(C)C(=O)O)C(C)C)ccc1C(C)(C)C. The first kappa shape index (κ1) is 27.8. The highest BCUT2D eigenvalue weighted by Crippen LogP contribution is 2.35. The molecule has 0 heterocycles. The summed E-state index contributed by atoms with van der Waals surface area (Å²) >= 11 is 1.65. The lowest BCUT2D eigenvalue weighted by Crippen LogP contribution is -2.48. The number of carboxylic acid groups (broad SMARTS) is 1. The van der Waals surface area contributed by atoms with Gasteiger partial charge in [0.25, 0.3) is 0 Å². The van der Waals surface area contributed by atoms with Crippen LogP contribution in [-0.4, -0.2) is 40.0 Å². The fourth-order valence-electron chi connectivity index (χ4n) is 3.89. The molecule has 0 spiro atoms. The summed E-state index contributed by atoms with van der Waals surface area (Å²) in [7, 11) is 0. The Balaban J connectivity index is 3.03. The molecule has 0 saturated carbocycles. The predicted molar refractivity (Wildman–Crippen MR) is 131 cm³/mol. The fraction of sp³-hybridized carbons (Fsp3) is 0.720. The lowest BCUT2D eigenvalue weighted by molar-refractivity contribution is -0.143. The number of nitrogens with two attached hydrogens (primary N) is 1.